The average Bonchev–Trinajstić information content (AvgIpc) is 2.73. The van der Waals surface area contributed by atoms with E-state index >= 15 is 0 Å². The summed E-state index contributed by atoms with van der Waals surface area (Å²) in [6.07, 6.45) is 1.30. The van der Waals surface area contributed by atoms with Gasteiger partial charge in [0, 0.05) is 6.54 Å². The number of carbonyl (C=O) groups excluding carboxylic acids is 1. The van der Waals surface area contributed by atoms with Crippen LogP contribution in [0.15, 0.2) is 23.7 Å². The molecule has 28 heavy (non-hydrogen) atoms. The predicted molar refractivity (Wildman–Crippen MR) is 111 cm³/mol. The van der Waals surface area contributed by atoms with Crippen LogP contribution in [0.4, 0.5) is 10.5 Å². The van der Waals surface area contributed by atoms with Gasteiger partial charge in [-0.1, -0.05) is 12.1 Å². The van der Waals surface area contributed by atoms with E-state index in [1.807, 2.05) is 33.8 Å². The third-order valence-electron chi connectivity index (χ3n) is 4.80. The van der Waals surface area contributed by atoms with Crippen molar-refractivity contribution in [2.45, 2.75) is 65.3 Å². The van der Waals surface area contributed by atoms with Gasteiger partial charge < -0.3 is 30.2 Å². The van der Waals surface area contributed by atoms with Crippen molar-refractivity contribution in [3.05, 3.63) is 29.2 Å². The van der Waals surface area contributed by atoms with Crippen LogP contribution in [0.5, 0.6) is 5.75 Å². The van der Waals surface area contributed by atoms with Gasteiger partial charge in [-0.3, -0.25) is 0 Å². The van der Waals surface area contributed by atoms with Crippen LogP contribution in [0.1, 0.15) is 54.0 Å². The number of aromatic hydroxyl groups is 1. The number of ether oxygens (including phenoxy) is 1. The molecule has 0 spiro atoms. The summed E-state index contributed by atoms with van der Waals surface area (Å²) in [5.74, 6) is 0.0150. The maximum atomic E-state index is 12.1. The number of nitrogen functional groups attached to an aromatic ring is 1. The van der Waals surface area contributed by atoms with E-state index in [1.54, 1.807) is 32.9 Å². The minimum absolute atomic E-state index is 0.0150. The van der Waals surface area contributed by atoms with Gasteiger partial charge in [-0.25, -0.2) is 4.79 Å². The zero-order valence-electron chi connectivity index (χ0n) is 17.8. The quantitative estimate of drug-likeness (QED) is 0.413. The molecule has 1 heterocycles. The Bertz CT molecular complexity index is 752. The number of hydrogen-bond acceptors (Lipinski definition) is 6. The summed E-state index contributed by atoms with van der Waals surface area (Å²) in [7, 11) is -0.644. The number of rotatable bonds is 4. The highest BCUT2D eigenvalue weighted by atomic mass is 16.7. The fourth-order valence-electron chi connectivity index (χ4n) is 2.56. The van der Waals surface area contributed by atoms with Crippen LogP contribution in [-0.2, 0) is 14.0 Å². The SMILES string of the molecule is CC(C)(C)OC(=O)NCC(=Cc1ccc(O)c(N)c1)B1OC(C)(C)C(C)(C)O1. The molecule has 1 aromatic carbocycles. The van der Waals surface area contributed by atoms with E-state index < -0.39 is 30.0 Å². The first-order chi connectivity index (χ1) is 12.7. The van der Waals surface area contributed by atoms with Crippen LogP contribution < -0.4 is 11.1 Å². The van der Waals surface area contributed by atoms with Gasteiger partial charge in [0.2, 0.25) is 0 Å². The van der Waals surface area contributed by atoms with Gasteiger partial charge in [-0.2, -0.15) is 0 Å². The van der Waals surface area contributed by atoms with E-state index in [2.05, 4.69) is 5.32 Å². The van der Waals surface area contributed by atoms with Gasteiger partial charge in [-0.05, 0) is 71.6 Å². The van der Waals surface area contributed by atoms with Crippen molar-refractivity contribution in [1.82, 2.24) is 5.32 Å². The van der Waals surface area contributed by atoms with Gasteiger partial charge in [0.05, 0.1) is 16.9 Å². The minimum Gasteiger partial charge on any atom is -0.506 e. The molecule has 1 aliphatic heterocycles. The fourth-order valence-corrected chi connectivity index (χ4v) is 2.56. The van der Waals surface area contributed by atoms with E-state index in [-0.39, 0.29) is 18.0 Å². The highest BCUT2D eigenvalue weighted by Gasteiger charge is 2.52. The van der Waals surface area contributed by atoms with Gasteiger partial charge in [0.15, 0.2) is 0 Å². The highest BCUT2D eigenvalue weighted by molar-refractivity contribution is 6.56. The number of anilines is 1. The van der Waals surface area contributed by atoms with Crippen molar-refractivity contribution in [3.63, 3.8) is 0 Å². The third-order valence-corrected chi connectivity index (χ3v) is 4.80. The molecule has 0 atom stereocenters. The Morgan fingerprint density at radius 3 is 2.32 bits per heavy atom. The maximum absolute atomic E-state index is 12.1. The lowest BCUT2D eigenvalue weighted by molar-refractivity contribution is 0.00578. The normalized spacial score (nSPS) is 18.8. The summed E-state index contributed by atoms with van der Waals surface area (Å²) in [4.78, 5) is 12.1. The second-order valence-corrected chi connectivity index (χ2v) is 8.98. The molecule has 1 aromatic rings. The number of phenolic OH excluding ortho intramolecular Hbond substituents is 1. The van der Waals surface area contributed by atoms with Crippen molar-refractivity contribution < 1.29 is 23.9 Å². The summed E-state index contributed by atoms with van der Waals surface area (Å²) in [5, 5.41) is 12.4. The summed E-state index contributed by atoms with van der Waals surface area (Å²) < 4.78 is 17.6. The lowest BCUT2D eigenvalue weighted by atomic mass is 9.77. The smallest absolute Gasteiger partial charge is 0.492 e. The molecule has 4 N–H and O–H groups in total. The number of nitrogens with one attached hydrogen (secondary N) is 1. The number of amides is 1. The van der Waals surface area contributed by atoms with E-state index in [4.69, 9.17) is 19.8 Å². The van der Waals surface area contributed by atoms with Crippen LogP contribution in [0.3, 0.4) is 0 Å². The molecule has 1 saturated heterocycles. The summed E-state index contributed by atoms with van der Waals surface area (Å²) >= 11 is 0. The third kappa shape index (κ3) is 5.42. The van der Waals surface area contributed by atoms with E-state index in [0.29, 0.717) is 5.47 Å². The van der Waals surface area contributed by atoms with Crippen molar-refractivity contribution in [2.75, 3.05) is 12.3 Å². The number of alkyl carbamates (subject to hydrolysis) is 1. The maximum Gasteiger partial charge on any atom is 0.492 e. The van der Waals surface area contributed by atoms with E-state index in [9.17, 15) is 9.90 Å². The van der Waals surface area contributed by atoms with Crippen molar-refractivity contribution in [3.8, 4) is 5.75 Å². The molecule has 1 fully saturated rings. The topological polar surface area (TPSA) is 103 Å². The first-order valence-corrected chi connectivity index (χ1v) is 9.32. The molecule has 8 heteroatoms. The summed E-state index contributed by atoms with van der Waals surface area (Å²) in [6, 6.07) is 4.89. The molecule has 154 valence electrons. The Morgan fingerprint density at radius 2 is 1.82 bits per heavy atom. The Morgan fingerprint density at radius 1 is 1.25 bits per heavy atom. The monoisotopic (exact) mass is 390 g/mol. The minimum atomic E-state index is -0.644. The van der Waals surface area contributed by atoms with Crippen molar-refractivity contribution in [1.29, 1.82) is 0 Å². The number of nitrogens with two attached hydrogens (primary N) is 1. The van der Waals surface area contributed by atoms with Crippen molar-refractivity contribution >= 4 is 25.0 Å². The molecule has 0 saturated carbocycles. The molecule has 1 amide bonds. The molecule has 0 aromatic heterocycles. The van der Waals surface area contributed by atoms with Gasteiger partial charge >= 0.3 is 13.2 Å². The van der Waals surface area contributed by atoms with Crippen LogP contribution >= 0.6 is 0 Å². The largest absolute Gasteiger partial charge is 0.506 e. The molecular weight excluding hydrogens is 359 g/mol. The predicted octanol–water partition coefficient (Wildman–Crippen LogP) is 3.51. The lowest BCUT2D eigenvalue weighted by Crippen LogP contribution is -2.41. The molecule has 0 aliphatic carbocycles. The standard InChI is InChI=1S/C20H31BN2O5/c1-18(2,3)26-17(25)23-12-14(10-13-8-9-16(24)15(22)11-13)21-27-19(4,5)20(6,7)28-21/h8-11,24H,12,22H2,1-7H3,(H,23,25). The van der Waals surface area contributed by atoms with Crippen molar-refractivity contribution in [2.24, 2.45) is 0 Å². The van der Waals surface area contributed by atoms with Gasteiger partial charge in [0.25, 0.3) is 0 Å². The zero-order chi connectivity index (χ0) is 21.3. The molecule has 7 nitrogen and oxygen atoms in total. The van der Waals surface area contributed by atoms with Gasteiger partial charge in [0.1, 0.15) is 11.4 Å². The molecular formula is C20H31BN2O5. The lowest BCUT2D eigenvalue weighted by Gasteiger charge is -2.32. The Hall–Kier alpha value is -2.19. The molecule has 1 aliphatic rings. The second kappa shape index (κ2) is 7.68. The van der Waals surface area contributed by atoms with Crippen LogP contribution in [0.25, 0.3) is 6.08 Å². The fraction of sp³-hybridized carbons (Fsp3) is 0.550. The van der Waals surface area contributed by atoms with Crippen LogP contribution in [0, 0.1) is 0 Å². The van der Waals surface area contributed by atoms with Gasteiger partial charge in [-0.15, -0.1) is 0 Å². The highest BCUT2D eigenvalue weighted by Crippen LogP contribution is 2.39. The molecule has 2 rings (SSSR count). The average molecular weight is 390 g/mol. The molecule has 0 bridgehead atoms. The van der Waals surface area contributed by atoms with E-state index in [1.165, 1.54) is 6.07 Å². The summed E-state index contributed by atoms with van der Waals surface area (Å²) in [6.45, 7) is 13.4. The number of carbonyl (C=O) groups is 1. The van der Waals surface area contributed by atoms with Crippen LogP contribution in [-0.4, -0.2) is 41.7 Å². The molecule has 0 unspecified atom stereocenters. The Kier molecular flexibility index (Phi) is 6.06. The van der Waals surface area contributed by atoms with E-state index in [0.717, 1.165) is 5.56 Å². The van der Waals surface area contributed by atoms with Crippen LogP contribution in [0.2, 0.25) is 0 Å². The molecule has 0 radical (unpaired) electrons. The zero-order valence-corrected chi connectivity index (χ0v) is 17.8. The Labute approximate surface area is 167 Å². The number of hydrogen-bond donors (Lipinski definition) is 3. The first kappa shape index (κ1) is 22.1. The number of phenols is 1. The first-order valence-electron chi connectivity index (χ1n) is 9.32. The number of benzene rings is 1. The second-order valence-electron chi connectivity index (χ2n) is 8.98. The Balaban J connectivity index is 2.27. The summed E-state index contributed by atoms with van der Waals surface area (Å²) in [5.41, 5.74) is 5.89.